The van der Waals surface area contributed by atoms with Gasteiger partial charge in [-0.25, -0.2) is 0 Å². The van der Waals surface area contributed by atoms with Crippen LogP contribution in [0.25, 0.3) is 10.4 Å². The molecule has 130 valence electrons. The van der Waals surface area contributed by atoms with Crippen LogP contribution in [0.5, 0.6) is 0 Å². The predicted molar refractivity (Wildman–Crippen MR) is 103 cm³/mol. The summed E-state index contributed by atoms with van der Waals surface area (Å²) in [4.78, 5) is 17.8. The smallest absolute Gasteiger partial charge is 0.251 e. The van der Waals surface area contributed by atoms with Crippen molar-refractivity contribution in [2.24, 2.45) is 5.73 Å². The van der Waals surface area contributed by atoms with Gasteiger partial charge in [0.1, 0.15) is 0 Å². The number of amides is 1. The second-order valence-corrected chi connectivity index (χ2v) is 7.08. The van der Waals surface area contributed by atoms with Crippen molar-refractivity contribution < 1.29 is 4.79 Å². The molecule has 5 heteroatoms. The Morgan fingerprint density at radius 3 is 2.72 bits per heavy atom. The van der Waals surface area contributed by atoms with Crippen molar-refractivity contribution in [3.63, 3.8) is 0 Å². The Balaban J connectivity index is 2.18. The number of nitrogens with zero attached hydrogens (tertiary/aromatic N) is 2. The van der Waals surface area contributed by atoms with E-state index in [0.29, 0.717) is 12.1 Å². The summed E-state index contributed by atoms with van der Waals surface area (Å²) >= 11 is 1.65. The van der Waals surface area contributed by atoms with Crippen LogP contribution in [0.4, 0.5) is 0 Å². The molecule has 4 nitrogen and oxygen atoms in total. The van der Waals surface area contributed by atoms with Crippen molar-refractivity contribution in [2.75, 3.05) is 0 Å². The molecule has 0 fully saturated rings. The molecule has 0 bridgehead atoms. The predicted octanol–water partition coefficient (Wildman–Crippen LogP) is 4.41. The average molecular weight is 353 g/mol. The third-order valence-electron chi connectivity index (χ3n) is 4.46. The minimum absolute atomic E-state index is 0.363. The molecular weight excluding hydrogens is 330 g/mol. The number of aromatic nitrogens is 2. The van der Waals surface area contributed by atoms with Crippen molar-refractivity contribution in [3.05, 3.63) is 64.6 Å². The second-order valence-electron chi connectivity index (χ2n) is 6.13. The molecule has 0 saturated heterocycles. The lowest BCUT2D eigenvalue weighted by Gasteiger charge is -2.12. The number of rotatable bonds is 7. The van der Waals surface area contributed by atoms with E-state index in [0.717, 1.165) is 41.1 Å². The van der Waals surface area contributed by atoms with Crippen molar-refractivity contribution in [1.82, 2.24) is 9.55 Å². The minimum atomic E-state index is -0.363. The van der Waals surface area contributed by atoms with Gasteiger partial charge in [0.2, 0.25) is 0 Å². The number of thiophene rings is 1. The molecule has 0 aromatic carbocycles. The third-order valence-corrected chi connectivity index (χ3v) is 5.35. The highest BCUT2D eigenvalue weighted by atomic mass is 32.1. The Labute approximate surface area is 152 Å². The quantitative estimate of drug-likeness (QED) is 0.684. The van der Waals surface area contributed by atoms with Crippen LogP contribution >= 0.6 is 11.3 Å². The highest BCUT2D eigenvalue weighted by Gasteiger charge is 2.25. The Morgan fingerprint density at radius 2 is 2.12 bits per heavy atom. The molecule has 0 unspecified atom stereocenters. The number of unbranched alkanes of at least 4 members (excludes halogenated alkanes) is 1. The molecule has 2 N–H and O–H groups in total. The molecule has 0 spiro atoms. The molecule has 0 aliphatic heterocycles. The second kappa shape index (κ2) is 7.66. The first-order valence-corrected chi connectivity index (χ1v) is 9.47. The van der Waals surface area contributed by atoms with Gasteiger partial charge in [0.25, 0.3) is 5.91 Å². The fourth-order valence-corrected chi connectivity index (χ4v) is 4.06. The van der Waals surface area contributed by atoms with Crippen molar-refractivity contribution in [1.29, 1.82) is 0 Å². The fourth-order valence-electron chi connectivity index (χ4n) is 3.26. The van der Waals surface area contributed by atoms with E-state index in [1.54, 1.807) is 17.5 Å². The van der Waals surface area contributed by atoms with Gasteiger partial charge in [0.15, 0.2) is 0 Å². The number of primary amides is 1. The SMILES string of the molecule is CCCCc1c(-c2cccs2)c(C(N)=O)c(C)n1Cc1ccccn1. The summed E-state index contributed by atoms with van der Waals surface area (Å²) in [7, 11) is 0. The topological polar surface area (TPSA) is 60.9 Å². The lowest BCUT2D eigenvalue weighted by atomic mass is 10.0. The average Bonchev–Trinajstić information content (AvgIpc) is 3.21. The van der Waals surface area contributed by atoms with Gasteiger partial charge >= 0.3 is 0 Å². The zero-order valence-electron chi connectivity index (χ0n) is 14.7. The van der Waals surface area contributed by atoms with E-state index in [-0.39, 0.29) is 5.91 Å². The molecule has 3 heterocycles. The number of hydrogen-bond donors (Lipinski definition) is 1. The summed E-state index contributed by atoms with van der Waals surface area (Å²) in [6, 6.07) is 9.99. The molecule has 3 aromatic rings. The van der Waals surface area contributed by atoms with Crippen LogP contribution < -0.4 is 5.73 Å². The van der Waals surface area contributed by atoms with E-state index in [9.17, 15) is 4.79 Å². The fraction of sp³-hybridized carbons (Fsp3) is 0.300. The number of hydrogen-bond acceptors (Lipinski definition) is 3. The summed E-state index contributed by atoms with van der Waals surface area (Å²) in [6.07, 6.45) is 4.89. The van der Waals surface area contributed by atoms with E-state index in [1.807, 2.05) is 36.6 Å². The molecule has 0 saturated carbocycles. The van der Waals surface area contributed by atoms with E-state index >= 15 is 0 Å². The van der Waals surface area contributed by atoms with Crippen molar-refractivity contribution >= 4 is 17.2 Å². The highest BCUT2D eigenvalue weighted by molar-refractivity contribution is 7.13. The zero-order valence-corrected chi connectivity index (χ0v) is 15.5. The normalized spacial score (nSPS) is 11.0. The van der Waals surface area contributed by atoms with Gasteiger partial charge in [0.05, 0.1) is 17.8 Å². The van der Waals surface area contributed by atoms with Gasteiger partial charge in [-0.05, 0) is 43.3 Å². The standard InChI is InChI=1S/C20H23N3OS/c1-3-4-9-16-19(17-10-7-12-25-17)18(20(21)24)14(2)23(16)13-15-8-5-6-11-22-15/h5-8,10-12H,3-4,9,13H2,1-2H3,(H2,21,24). The number of carbonyl (C=O) groups is 1. The van der Waals surface area contributed by atoms with Gasteiger partial charge in [-0.3, -0.25) is 9.78 Å². The number of pyridine rings is 1. The van der Waals surface area contributed by atoms with Crippen LogP contribution in [0.2, 0.25) is 0 Å². The largest absolute Gasteiger partial charge is 0.366 e. The van der Waals surface area contributed by atoms with Crippen LogP contribution in [-0.2, 0) is 13.0 Å². The molecule has 0 atom stereocenters. The van der Waals surface area contributed by atoms with Gasteiger partial charge < -0.3 is 10.3 Å². The zero-order chi connectivity index (χ0) is 17.8. The molecular formula is C20H23N3OS. The highest BCUT2D eigenvalue weighted by Crippen LogP contribution is 2.36. The maximum Gasteiger partial charge on any atom is 0.251 e. The Morgan fingerprint density at radius 1 is 1.28 bits per heavy atom. The first-order chi connectivity index (χ1) is 12.1. The molecule has 3 rings (SSSR count). The van der Waals surface area contributed by atoms with Gasteiger partial charge in [-0.2, -0.15) is 0 Å². The lowest BCUT2D eigenvalue weighted by Crippen LogP contribution is -2.13. The monoisotopic (exact) mass is 353 g/mol. The van der Waals surface area contributed by atoms with Crippen LogP contribution in [0, 0.1) is 6.92 Å². The van der Waals surface area contributed by atoms with E-state index in [1.165, 1.54) is 5.69 Å². The van der Waals surface area contributed by atoms with E-state index < -0.39 is 0 Å². The van der Waals surface area contributed by atoms with Gasteiger partial charge in [-0.15, -0.1) is 11.3 Å². The van der Waals surface area contributed by atoms with Crippen LogP contribution in [0.15, 0.2) is 41.9 Å². The summed E-state index contributed by atoms with van der Waals surface area (Å²) in [5, 5.41) is 2.04. The Hall–Kier alpha value is -2.40. The summed E-state index contributed by atoms with van der Waals surface area (Å²) in [6.45, 7) is 4.81. The lowest BCUT2D eigenvalue weighted by molar-refractivity contribution is 0.1000. The summed E-state index contributed by atoms with van der Waals surface area (Å²) < 4.78 is 2.22. The first-order valence-electron chi connectivity index (χ1n) is 8.59. The maximum atomic E-state index is 12.2. The van der Waals surface area contributed by atoms with Crippen LogP contribution in [0.3, 0.4) is 0 Å². The van der Waals surface area contributed by atoms with Crippen molar-refractivity contribution in [3.8, 4) is 10.4 Å². The van der Waals surface area contributed by atoms with Crippen LogP contribution in [0.1, 0.15) is 47.2 Å². The van der Waals surface area contributed by atoms with Gasteiger partial charge in [0, 0.05) is 28.0 Å². The molecule has 3 aromatic heterocycles. The maximum absolute atomic E-state index is 12.2. The Kier molecular flexibility index (Phi) is 5.34. The summed E-state index contributed by atoms with van der Waals surface area (Å²) in [5.74, 6) is -0.363. The number of carbonyl (C=O) groups excluding carboxylic acids is 1. The van der Waals surface area contributed by atoms with E-state index in [4.69, 9.17) is 5.73 Å². The minimum Gasteiger partial charge on any atom is -0.366 e. The van der Waals surface area contributed by atoms with Crippen LogP contribution in [-0.4, -0.2) is 15.5 Å². The molecule has 0 aliphatic carbocycles. The number of nitrogens with two attached hydrogens (primary N) is 1. The Bertz CT molecular complexity index is 851. The summed E-state index contributed by atoms with van der Waals surface area (Å²) in [5.41, 5.74) is 10.5. The molecule has 1 amide bonds. The first kappa shape index (κ1) is 17.4. The third kappa shape index (κ3) is 3.51. The molecule has 25 heavy (non-hydrogen) atoms. The van der Waals surface area contributed by atoms with Crippen molar-refractivity contribution in [2.45, 2.75) is 39.7 Å². The molecule has 0 aliphatic rings. The van der Waals surface area contributed by atoms with Gasteiger partial charge in [-0.1, -0.05) is 25.5 Å². The van der Waals surface area contributed by atoms with E-state index in [2.05, 4.69) is 22.5 Å². The molecule has 0 radical (unpaired) electrons.